The summed E-state index contributed by atoms with van der Waals surface area (Å²) in [6.45, 7) is 4.66. The molecule has 3 aliphatic carbocycles. The van der Waals surface area contributed by atoms with Gasteiger partial charge >= 0.3 is 0 Å². The van der Waals surface area contributed by atoms with Crippen LogP contribution in [0.5, 0.6) is 0 Å². The molecule has 4 heteroatoms. The lowest BCUT2D eigenvalue weighted by Gasteiger charge is -2.55. The number of rotatable bonds is 4. The summed E-state index contributed by atoms with van der Waals surface area (Å²) in [5.74, 6) is 1.18. The van der Waals surface area contributed by atoms with E-state index in [1.54, 1.807) is 0 Å². The zero-order valence-corrected chi connectivity index (χ0v) is 14.6. The van der Waals surface area contributed by atoms with Crippen molar-refractivity contribution in [3.63, 3.8) is 0 Å². The number of para-hydroxylation sites is 1. The van der Waals surface area contributed by atoms with Gasteiger partial charge < -0.3 is 4.57 Å². The third-order valence-electron chi connectivity index (χ3n) is 5.92. The molecule has 0 aliphatic heterocycles. The van der Waals surface area contributed by atoms with Gasteiger partial charge in [-0.05, 0) is 59.9 Å². The summed E-state index contributed by atoms with van der Waals surface area (Å²) in [4.78, 5) is 12.6. The molecule has 2 unspecified atom stereocenters. The highest BCUT2D eigenvalue weighted by Crippen LogP contribution is 2.58. The first-order chi connectivity index (χ1) is 12.1. The molecule has 1 fully saturated rings. The molecule has 5 rings (SSSR count). The van der Waals surface area contributed by atoms with E-state index in [-0.39, 0.29) is 5.91 Å². The number of aromatic nitrogens is 1. The Labute approximate surface area is 148 Å². The van der Waals surface area contributed by atoms with E-state index in [4.69, 9.17) is 0 Å². The average molecular weight is 333 g/mol. The molecular formula is C21H23N3O. The number of fused-ring (bicyclic) bond motifs is 1. The van der Waals surface area contributed by atoms with Crippen LogP contribution in [0.15, 0.2) is 65.5 Å². The molecular weight excluding hydrogens is 310 g/mol. The lowest BCUT2D eigenvalue weighted by atomic mass is 9.49. The van der Waals surface area contributed by atoms with E-state index in [0.717, 1.165) is 18.0 Å². The van der Waals surface area contributed by atoms with Gasteiger partial charge in [-0.25, -0.2) is 5.43 Å². The molecule has 1 heterocycles. The monoisotopic (exact) mass is 333 g/mol. The number of nitrogens with one attached hydrogen (secondary N) is 1. The molecule has 1 amide bonds. The SMILES string of the molecule is CC1(C)C2CC=C(C=NNC(=O)c3ccccc3-n3cccc3)C1C2. The maximum atomic E-state index is 12.6. The van der Waals surface area contributed by atoms with E-state index in [9.17, 15) is 4.79 Å². The third kappa shape index (κ3) is 2.72. The summed E-state index contributed by atoms with van der Waals surface area (Å²) < 4.78 is 1.93. The highest BCUT2D eigenvalue weighted by Gasteiger charge is 2.50. The van der Waals surface area contributed by atoms with Crippen molar-refractivity contribution < 1.29 is 4.79 Å². The van der Waals surface area contributed by atoms with Crippen LogP contribution >= 0.6 is 0 Å². The van der Waals surface area contributed by atoms with Crippen molar-refractivity contribution >= 4 is 12.1 Å². The third-order valence-corrected chi connectivity index (χ3v) is 5.92. The van der Waals surface area contributed by atoms with E-state index in [1.807, 2.05) is 59.6 Å². The van der Waals surface area contributed by atoms with Crippen LogP contribution in [0.25, 0.3) is 5.69 Å². The molecule has 2 bridgehead atoms. The molecule has 0 spiro atoms. The van der Waals surface area contributed by atoms with Crippen LogP contribution in [-0.4, -0.2) is 16.7 Å². The molecule has 0 radical (unpaired) electrons. The Bertz CT molecular complexity index is 846. The summed E-state index contributed by atoms with van der Waals surface area (Å²) in [6, 6.07) is 11.4. The first kappa shape index (κ1) is 15.9. The van der Waals surface area contributed by atoms with Gasteiger partial charge in [-0.1, -0.05) is 32.1 Å². The number of benzene rings is 1. The predicted molar refractivity (Wildman–Crippen MR) is 99.8 cm³/mol. The topological polar surface area (TPSA) is 46.4 Å². The highest BCUT2D eigenvalue weighted by molar-refractivity contribution is 5.98. The van der Waals surface area contributed by atoms with Crippen LogP contribution in [0.4, 0.5) is 0 Å². The number of carbonyl (C=O) groups is 1. The van der Waals surface area contributed by atoms with Gasteiger partial charge in [-0.3, -0.25) is 4.79 Å². The Balaban J connectivity index is 1.48. The number of nitrogens with zero attached hydrogens (tertiary/aromatic N) is 2. The summed E-state index contributed by atoms with van der Waals surface area (Å²) >= 11 is 0. The molecule has 3 aliphatic rings. The first-order valence-corrected chi connectivity index (χ1v) is 8.83. The van der Waals surface area contributed by atoms with E-state index < -0.39 is 0 Å². The average Bonchev–Trinajstić information content (AvgIpc) is 3.16. The fourth-order valence-corrected chi connectivity index (χ4v) is 4.16. The van der Waals surface area contributed by atoms with Gasteiger partial charge in [-0.15, -0.1) is 0 Å². The lowest BCUT2D eigenvalue weighted by molar-refractivity contribution is -0.00126. The van der Waals surface area contributed by atoms with Gasteiger partial charge in [0, 0.05) is 12.4 Å². The molecule has 1 N–H and O–H groups in total. The minimum atomic E-state index is -0.192. The van der Waals surface area contributed by atoms with E-state index in [2.05, 4.69) is 30.5 Å². The number of hydrogen-bond donors (Lipinski definition) is 1. The standard InChI is InChI=1S/C21H23N3O/c1-21(2)16-10-9-15(18(21)13-16)14-22-23-20(25)17-7-3-4-8-19(17)24-11-5-6-12-24/h3-9,11-12,14,16,18H,10,13H2,1-2H3,(H,23,25). The van der Waals surface area contributed by atoms with Gasteiger partial charge in [0.05, 0.1) is 17.5 Å². The van der Waals surface area contributed by atoms with Crippen molar-refractivity contribution in [3.05, 3.63) is 66.0 Å². The smallest absolute Gasteiger partial charge is 0.273 e. The fourth-order valence-electron chi connectivity index (χ4n) is 4.16. The van der Waals surface area contributed by atoms with Crippen molar-refractivity contribution in [2.24, 2.45) is 22.4 Å². The molecule has 1 aromatic heterocycles. The maximum Gasteiger partial charge on any atom is 0.273 e. The second-order valence-electron chi connectivity index (χ2n) is 7.55. The van der Waals surface area contributed by atoms with Crippen LogP contribution in [0.3, 0.4) is 0 Å². The van der Waals surface area contributed by atoms with Crippen LogP contribution in [-0.2, 0) is 0 Å². The molecule has 0 saturated heterocycles. The largest absolute Gasteiger partial charge is 0.323 e. The summed E-state index contributed by atoms with van der Waals surface area (Å²) in [6.07, 6.45) is 10.3. The summed E-state index contributed by atoms with van der Waals surface area (Å²) in [5, 5.41) is 4.23. The number of carbonyl (C=O) groups excluding carboxylic acids is 1. The summed E-state index contributed by atoms with van der Waals surface area (Å²) in [7, 11) is 0. The van der Waals surface area contributed by atoms with Gasteiger partial charge in [0.15, 0.2) is 0 Å². The molecule has 4 nitrogen and oxygen atoms in total. The van der Waals surface area contributed by atoms with E-state index in [1.165, 1.54) is 12.0 Å². The Morgan fingerprint density at radius 1 is 1.24 bits per heavy atom. The van der Waals surface area contributed by atoms with Gasteiger partial charge in [0.1, 0.15) is 0 Å². The molecule has 25 heavy (non-hydrogen) atoms. The zero-order valence-electron chi connectivity index (χ0n) is 14.6. The van der Waals surface area contributed by atoms with Gasteiger partial charge in [0.25, 0.3) is 5.91 Å². The molecule has 1 aromatic carbocycles. The van der Waals surface area contributed by atoms with Crippen molar-refractivity contribution in [2.75, 3.05) is 0 Å². The summed E-state index contributed by atoms with van der Waals surface area (Å²) in [5.41, 5.74) is 5.76. The van der Waals surface area contributed by atoms with Crippen LogP contribution < -0.4 is 5.43 Å². The number of hydrogen-bond acceptors (Lipinski definition) is 2. The Hall–Kier alpha value is -2.62. The zero-order chi connectivity index (χ0) is 17.4. The second kappa shape index (κ2) is 6.03. The predicted octanol–water partition coefficient (Wildman–Crippen LogP) is 4.19. The minimum Gasteiger partial charge on any atom is -0.323 e. The van der Waals surface area contributed by atoms with Crippen LogP contribution in [0.2, 0.25) is 0 Å². The molecule has 128 valence electrons. The number of allylic oxidation sites excluding steroid dienone is 2. The minimum absolute atomic E-state index is 0.192. The first-order valence-electron chi connectivity index (χ1n) is 8.83. The maximum absolute atomic E-state index is 12.6. The molecule has 1 saturated carbocycles. The Kier molecular flexibility index (Phi) is 3.83. The normalized spacial score (nSPS) is 23.8. The van der Waals surface area contributed by atoms with E-state index in [0.29, 0.717) is 16.9 Å². The van der Waals surface area contributed by atoms with Crippen LogP contribution in [0.1, 0.15) is 37.0 Å². The quantitative estimate of drug-likeness (QED) is 0.662. The fraction of sp³-hybridized carbons (Fsp3) is 0.333. The van der Waals surface area contributed by atoms with Crippen molar-refractivity contribution in [1.29, 1.82) is 0 Å². The van der Waals surface area contributed by atoms with E-state index >= 15 is 0 Å². The van der Waals surface area contributed by atoms with Gasteiger partial charge in [0.2, 0.25) is 0 Å². The van der Waals surface area contributed by atoms with Gasteiger partial charge in [-0.2, -0.15) is 5.10 Å². The van der Waals surface area contributed by atoms with Crippen LogP contribution in [0, 0.1) is 17.3 Å². The molecule has 2 atom stereocenters. The Morgan fingerprint density at radius 2 is 2.00 bits per heavy atom. The molecule has 2 aromatic rings. The van der Waals surface area contributed by atoms with Crippen molar-refractivity contribution in [2.45, 2.75) is 26.7 Å². The highest BCUT2D eigenvalue weighted by atomic mass is 16.2. The number of hydrazone groups is 1. The number of amides is 1. The second-order valence-corrected chi connectivity index (χ2v) is 7.55. The van der Waals surface area contributed by atoms with Crippen molar-refractivity contribution in [3.8, 4) is 5.69 Å². The Morgan fingerprint density at radius 3 is 2.72 bits per heavy atom. The lowest BCUT2D eigenvalue weighted by Crippen LogP contribution is -2.48. The van der Waals surface area contributed by atoms with Crippen molar-refractivity contribution in [1.82, 2.24) is 9.99 Å².